The zero-order chi connectivity index (χ0) is 17.4. The number of hydrogen-bond donors (Lipinski definition) is 3. The minimum Gasteiger partial charge on any atom is -0.356 e. The standard InChI is InChI=1S/C20H21N3O2/c1-2-12-4-3-5-16-15-7-6-14(11-17(15)23-19(12)16)22-20(25)13-8-9-21-18(24)10-13/h3-7,11,13,23H,2,8-10H2,1H3,(H,21,24)(H,22,25). The Kier molecular flexibility index (Phi) is 3.92. The molecule has 1 aliphatic rings. The summed E-state index contributed by atoms with van der Waals surface area (Å²) in [6, 6.07) is 12.3. The van der Waals surface area contributed by atoms with E-state index in [0.717, 1.165) is 28.5 Å². The molecule has 1 aliphatic heterocycles. The molecule has 3 N–H and O–H groups in total. The van der Waals surface area contributed by atoms with E-state index in [1.165, 1.54) is 10.9 Å². The van der Waals surface area contributed by atoms with Crippen molar-refractivity contribution in [3.8, 4) is 0 Å². The molecule has 128 valence electrons. The van der Waals surface area contributed by atoms with Crippen LogP contribution in [-0.2, 0) is 16.0 Å². The van der Waals surface area contributed by atoms with Crippen molar-refractivity contribution >= 4 is 39.3 Å². The molecule has 5 heteroatoms. The first-order valence-electron chi connectivity index (χ1n) is 8.76. The lowest BCUT2D eigenvalue weighted by Gasteiger charge is -2.21. The number of carbonyl (C=O) groups is 2. The van der Waals surface area contributed by atoms with Crippen LogP contribution in [0.2, 0.25) is 0 Å². The number of para-hydroxylation sites is 1. The maximum absolute atomic E-state index is 12.4. The number of aryl methyl sites for hydroxylation is 1. The van der Waals surface area contributed by atoms with E-state index in [-0.39, 0.29) is 24.2 Å². The first-order chi connectivity index (χ1) is 12.2. The highest BCUT2D eigenvalue weighted by molar-refractivity contribution is 6.09. The number of aromatic nitrogens is 1. The Labute approximate surface area is 145 Å². The third kappa shape index (κ3) is 2.86. The van der Waals surface area contributed by atoms with Crippen LogP contribution in [0, 0.1) is 5.92 Å². The van der Waals surface area contributed by atoms with Gasteiger partial charge in [-0.1, -0.05) is 31.2 Å². The lowest BCUT2D eigenvalue weighted by atomic mass is 9.96. The van der Waals surface area contributed by atoms with Crippen LogP contribution in [0.25, 0.3) is 21.8 Å². The van der Waals surface area contributed by atoms with E-state index in [1.807, 2.05) is 18.2 Å². The van der Waals surface area contributed by atoms with Gasteiger partial charge in [-0.25, -0.2) is 0 Å². The average Bonchev–Trinajstić information content (AvgIpc) is 2.99. The molecule has 0 aliphatic carbocycles. The van der Waals surface area contributed by atoms with Crippen LogP contribution < -0.4 is 10.6 Å². The highest BCUT2D eigenvalue weighted by Gasteiger charge is 2.25. The monoisotopic (exact) mass is 335 g/mol. The summed E-state index contributed by atoms with van der Waals surface area (Å²) in [5, 5.41) is 8.07. The van der Waals surface area contributed by atoms with Crippen molar-refractivity contribution in [2.24, 2.45) is 5.92 Å². The first-order valence-corrected chi connectivity index (χ1v) is 8.76. The van der Waals surface area contributed by atoms with Gasteiger partial charge in [-0.15, -0.1) is 0 Å². The summed E-state index contributed by atoms with van der Waals surface area (Å²) >= 11 is 0. The van der Waals surface area contributed by atoms with Gasteiger partial charge in [0.15, 0.2) is 0 Å². The van der Waals surface area contributed by atoms with Crippen molar-refractivity contribution < 1.29 is 9.59 Å². The number of nitrogens with one attached hydrogen (secondary N) is 3. The average molecular weight is 335 g/mol. The second-order valence-corrected chi connectivity index (χ2v) is 6.61. The van der Waals surface area contributed by atoms with Crippen LogP contribution >= 0.6 is 0 Å². The van der Waals surface area contributed by atoms with Gasteiger partial charge in [0.05, 0.1) is 0 Å². The number of hydrogen-bond acceptors (Lipinski definition) is 2. The number of piperidine rings is 1. The summed E-state index contributed by atoms with van der Waals surface area (Å²) in [4.78, 5) is 27.4. The molecular weight excluding hydrogens is 314 g/mol. The predicted octanol–water partition coefficient (Wildman–Crippen LogP) is 3.35. The fourth-order valence-corrected chi connectivity index (χ4v) is 3.61. The van der Waals surface area contributed by atoms with E-state index in [1.54, 1.807) is 0 Å². The van der Waals surface area contributed by atoms with E-state index in [9.17, 15) is 9.59 Å². The topological polar surface area (TPSA) is 74.0 Å². The molecule has 2 amide bonds. The Morgan fingerprint density at radius 1 is 1.24 bits per heavy atom. The molecule has 1 atom stereocenters. The Bertz CT molecular complexity index is 974. The normalized spacial score (nSPS) is 17.6. The summed E-state index contributed by atoms with van der Waals surface area (Å²) in [5.74, 6) is -0.386. The van der Waals surface area contributed by atoms with Crippen molar-refractivity contribution in [2.45, 2.75) is 26.2 Å². The number of carbonyl (C=O) groups excluding carboxylic acids is 2. The van der Waals surface area contributed by atoms with Crippen LogP contribution in [0.4, 0.5) is 5.69 Å². The van der Waals surface area contributed by atoms with Gasteiger partial charge in [-0.3, -0.25) is 9.59 Å². The van der Waals surface area contributed by atoms with Crippen LogP contribution in [0.1, 0.15) is 25.3 Å². The SMILES string of the molecule is CCc1cccc2c1[nH]c1cc(NC(=O)C3CCNC(=O)C3)ccc12. The van der Waals surface area contributed by atoms with E-state index in [0.29, 0.717) is 13.0 Å². The molecule has 3 aromatic rings. The molecule has 25 heavy (non-hydrogen) atoms. The van der Waals surface area contributed by atoms with E-state index >= 15 is 0 Å². The molecular formula is C20H21N3O2. The lowest BCUT2D eigenvalue weighted by Crippen LogP contribution is -2.38. The molecule has 1 unspecified atom stereocenters. The minimum atomic E-state index is -0.251. The Balaban J connectivity index is 1.64. The van der Waals surface area contributed by atoms with Gasteiger partial charge in [-0.2, -0.15) is 0 Å². The highest BCUT2D eigenvalue weighted by atomic mass is 16.2. The Hall–Kier alpha value is -2.82. The summed E-state index contributed by atoms with van der Waals surface area (Å²) in [7, 11) is 0. The molecule has 0 bridgehead atoms. The fraction of sp³-hybridized carbons (Fsp3) is 0.300. The quantitative estimate of drug-likeness (QED) is 0.687. The lowest BCUT2D eigenvalue weighted by molar-refractivity contribution is -0.129. The largest absolute Gasteiger partial charge is 0.356 e. The van der Waals surface area contributed by atoms with Gasteiger partial charge >= 0.3 is 0 Å². The Morgan fingerprint density at radius 3 is 2.92 bits per heavy atom. The number of benzene rings is 2. The fourth-order valence-electron chi connectivity index (χ4n) is 3.61. The third-order valence-corrected chi connectivity index (χ3v) is 4.99. The van der Waals surface area contributed by atoms with Crippen molar-refractivity contribution in [2.75, 3.05) is 11.9 Å². The molecule has 0 radical (unpaired) electrons. The molecule has 0 spiro atoms. The molecule has 2 heterocycles. The van der Waals surface area contributed by atoms with E-state index in [4.69, 9.17) is 0 Å². The molecule has 2 aromatic carbocycles. The number of rotatable bonds is 3. The smallest absolute Gasteiger partial charge is 0.228 e. The van der Waals surface area contributed by atoms with Gasteiger partial charge in [0.1, 0.15) is 0 Å². The van der Waals surface area contributed by atoms with Crippen molar-refractivity contribution in [3.05, 3.63) is 42.0 Å². The summed E-state index contributed by atoms with van der Waals surface area (Å²) in [5.41, 5.74) is 4.21. The van der Waals surface area contributed by atoms with Gasteiger partial charge in [0.25, 0.3) is 0 Å². The third-order valence-electron chi connectivity index (χ3n) is 4.99. The number of amides is 2. The van der Waals surface area contributed by atoms with Crippen LogP contribution in [0.3, 0.4) is 0 Å². The van der Waals surface area contributed by atoms with E-state index in [2.05, 4.69) is 40.7 Å². The van der Waals surface area contributed by atoms with Crippen molar-refractivity contribution in [1.82, 2.24) is 10.3 Å². The van der Waals surface area contributed by atoms with Crippen molar-refractivity contribution in [1.29, 1.82) is 0 Å². The van der Waals surface area contributed by atoms with Gasteiger partial charge in [0, 0.05) is 46.4 Å². The summed E-state index contributed by atoms with van der Waals surface area (Å²) in [6.07, 6.45) is 1.92. The number of anilines is 1. The van der Waals surface area contributed by atoms with Crippen LogP contribution in [0.15, 0.2) is 36.4 Å². The minimum absolute atomic E-state index is 0.0513. The van der Waals surface area contributed by atoms with E-state index < -0.39 is 0 Å². The molecule has 4 rings (SSSR count). The number of H-pyrrole nitrogens is 1. The Morgan fingerprint density at radius 2 is 2.12 bits per heavy atom. The maximum atomic E-state index is 12.4. The summed E-state index contributed by atoms with van der Waals surface area (Å²) in [6.45, 7) is 2.71. The second kappa shape index (κ2) is 6.24. The van der Waals surface area contributed by atoms with Gasteiger partial charge in [0.2, 0.25) is 11.8 Å². The molecule has 1 fully saturated rings. The van der Waals surface area contributed by atoms with Crippen LogP contribution in [-0.4, -0.2) is 23.3 Å². The van der Waals surface area contributed by atoms with Gasteiger partial charge in [-0.05, 0) is 30.5 Å². The first kappa shape index (κ1) is 15.7. The van der Waals surface area contributed by atoms with Crippen LogP contribution in [0.5, 0.6) is 0 Å². The zero-order valence-corrected chi connectivity index (χ0v) is 14.2. The second-order valence-electron chi connectivity index (χ2n) is 6.61. The summed E-state index contributed by atoms with van der Waals surface area (Å²) < 4.78 is 0. The molecule has 1 saturated heterocycles. The highest BCUT2D eigenvalue weighted by Crippen LogP contribution is 2.30. The molecule has 0 saturated carbocycles. The number of fused-ring (bicyclic) bond motifs is 3. The maximum Gasteiger partial charge on any atom is 0.228 e. The molecule has 5 nitrogen and oxygen atoms in total. The van der Waals surface area contributed by atoms with Crippen molar-refractivity contribution in [3.63, 3.8) is 0 Å². The number of aromatic amines is 1. The predicted molar refractivity (Wildman–Crippen MR) is 99.5 cm³/mol. The zero-order valence-electron chi connectivity index (χ0n) is 14.2. The van der Waals surface area contributed by atoms with Gasteiger partial charge < -0.3 is 15.6 Å². The molecule has 1 aromatic heterocycles.